The summed E-state index contributed by atoms with van der Waals surface area (Å²) in [6, 6.07) is 2.00. The molecule has 0 aromatic carbocycles. The van der Waals surface area contributed by atoms with Gasteiger partial charge in [-0.3, -0.25) is 0 Å². The molecule has 2 aromatic heterocycles. The molecule has 6 heteroatoms. The summed E-state index contributed by atoms with van der Waals surface area (Å²) in [5.74, 6) is 0. The molecule has 0 aliphatic heterocycles. The summed E-state index contributed by atoms with van der Waals surface area (Å²) in [5, 5.41) is 13.4. The van der Waals surface area contributed by atoms with Crippen molar-refractivity contribution in [2.24, 2.45) is 5.10 Å². The zero-order chi connectivity index (χ0) is 9.10. The van der Waals surface area contributed by atoms with E-state index in [1.165, 1.54) is 0 Å². The molecule has 0 N–H and O–H groups in total. The maximum Gasteiger partial charge on any atom is 0.141 e. The van der Waals surface area contributed by atoms with Crippen LogP contribution in [0.25, 0.3) is 0 Å². The first-order chi connectivity index (χ1) is 6.34. The lowest BCUT2D eigenvalue weighted by Gasteiger charge is -1.85. The molecule has 0 aliphatic rings. The van der Waals surface area contributed by atoms with E-state index in [2.05, 4.69) is 31.2 Å². The van der Waals surface area contributed by atoms with E-state index in [0.29, 0.717) is 0 Å². The summed E-state index contributed by atoms with van der Waals surface area (Å²) < 4.78 is 2.62. The molecule has 66 valence electrons. The molecule has 2 rings (SSSR count). The van der Waals surface area contributed by atoms with Crippen LogP contribution < -0.4 is 0 Å². The van der Waals surface area contributed by atoms with Gasteiger partial charge in [-0.05, 0) is 22.0 Å². The van der Waals surface area contributed by atoms with Crippen LogP contribution >= 0.6 is 27.3 Å². The van der Waals surface area contributed by atoms with Crippen LogP contribution in [0.15, 0.2) is 33.7 Å². The molecule has 0 bridgehead atoms. The summed E-state index contributed by atoms with van der Waals surface area (Å²) in [7, 11) is 0. The predicted molar refractivity (Wildman–Crippen MR) is 55.0 cm³/mol. The molecule has 0 radical (unpaired) electrons. The Balaban J connectivity index is 2.14. The summed E-state index contributed by atoms with van der Waals surface area (Å²) in [4.78, 5) is 1.08. The molecule has 0 saturated heterocycles. The van der Waals surface area contributed by atoms with Gasteiger partial charge in [-0.1, -0.05) is 0 Å². The summed E-state index contributed by atoms with van der Waals surface area (Å²) in [6.45, 7) is 0. The van der Waals surface area contributed by atoms with E-state index >= 15 is 0 Å². The SMILES string of the molecule is Brc1csc(C=Nn2cnnc2)c1. The van der Waals surface area contributed by atoms with Gasteiger partial charge in [0.15, 0.2) is 0 Å². The number of hydrogen-bond donors (Lipinski definition) is 0. The third-order valence-corrected chi connectivity index (χ3v) is 2.94. The lowest BCUT2D eigenvalue weighted by Crippen LogP contribution is -1.83. The first-order valence-electron chi connectivity index (χ1n) is 3.47. The monoisotopic (exact) mass is 256 g/mol. The molecule has 0 amide bonds. The molecule has 0 saturated carbocycles. The van der Waals surface area contributed by atoms with Crippen molar-refractivity contribution in [3.05, 3.63) is 33.5 Å². The normalized spacial score (nSPS) is 11.2. The molecular weight excluding hydrogens is 252 g/mol. The minimum Gasteiger partial charge on any atom is -0.208 e. The van der Waals surface area contributed by atoms with Gasteiger partial charge in [0.2, 0.25) is 0 Å². The summed E-state index contributed by atoms with van der Waals surface area (Å²) >= 11 is 4.99. The van der Waals surface area contributed by atoms with E-state index in [-0.39, 0.29) is 0 Å². The van der Waals surface area contributed by atoms with Crippen molar-refractivity contribution >= 4 is 33.5 Å². The Bertz CT molecular complexity index is 406. The highest BCUT2D eigenvalue weighted by Crippen LogP contribution is 2.17. The Morgan fingerprint density at radius 3 is 2.85 bits per heavy atom. The molecule has 0 aliphatic carbocycles. The average Bonchev–Trinajstić information content (AvgIpc) is 2.71. The molecule has 4 nitrogen and oxygen atoms in total. The number of thiophene rings is 1. The van der Waals surface area contributed by atoms with Crippen molar-refractivity contribution in [2.45, 2.75) is 0 Å². The standard InChI is InChI=1S/C7H5BrN4S/c8-6-1-7(13-3-6)2-11-12-4-9-10-5-12/h1-5H. The Morgan fingerprint density at radius 2 is 2.23 bits per heavy atom. The zero-order valence-electron chi connectivity index (χ0n) is 6.46. The zero-order valence-corrected chi connectivity index (χ0v) is 8.86. The smallest absolute Gasteiger partial charge is 0.141 e. The predicted octanol–water partition coefficient (Wildman–Crippen LogP) is 1.98. The van der Waals surface area contributed by atoms with Crippen LogP contribution in [0, 0.1) is 0 Å². The van der Waals surface area contributed by atoms with E-state index in [9.17, 15) is 0 Å². The van der Waals surface area contributed by atoms with Crippen LogP contribution in [0.4, 0.5) is 0 Å². The minimum atomic E-state index is 1.07. The second-order valence-corrected chi connectivity index (χ2v) is 4.11. The van der Waals surface area contributed by atoms with E-state index in [1.54, 1.807) is 34.9 Å². The van der Waals surface area contributed by atoms with Gasteiger partial charge in [-0.15, -0.1) is 21.5 Å². The van der Waals surface area contributed by atoms with Crippen molar-refractivity contribution in [2.75, 3.05) is 0 Å². The average molecular weight is 257 g/mol. The maximum absolute atomic E-state index is 4.11. The van der Waals surface area contributed by atoms with Crippen LogP contribution in [-0.2, 0) is 0 Å². The van der Waals surface area contributed by atoms with E-state index < -0.39 is 0 Å². The molecule has 0 fully saturated rings. The van der Waals surface area contributed by atoms with Gasteiger partial charge in [0.25, 0.3) is 0 Å². The quantitative estimate of drug-likeness (QED) is 0.772. The fourth-order valence-corrected chi connectivity index (χ4v) is 2.07. The van der Waals surface area contributed by atoms with Gasteiger partial charge >= 0.3 is 0 Å². The molecule has 13 heavy (non-hydrogen) atoms. The molecular formula is C7H5BrN4S. The van der Waals surface area contributed by atoms with Gasteiger partial charge < -0.3 is 0 Å². The Kier molecular flexibility index (Phi) is 2.51. The summed E-state index contributed by atoms with van der Waals surface area (Å²) in [5.41, 5.74) is 0. The molecule has 2 heterocycles. The third-order valence-electron chi connectivity index (χ3n) is 1.31. The van der Waals surface area contributed by atoms with Crippen molar-refractivity contribution in [3.63, 3.8) is 0 Å². The summed E-state index contributed by atoms with van der Waals surface area (Å²) in [6.07, 6.45) is 4.84. The van der Waals surface area contributed by atoms with Crippen molar-refractivity contribution < 1.29 is 0 Å². The van der Waals surface area contributed by atoms with Crippen molar-refractivity contribution in [1.29, 1.82) is 0 Å². The first-order valence-corrected chi connectivity index (χ1v) is 5.15. The third kappa shape index (κ3) is 2.22. The second kappa shape index (κ2) is 3.80. The van der Waals surface area contributed by atoms with Gasteiger partial charge in [0.1, 0.15) is 12.7 Å². The fraction of sp³-hybridized carbons (Fsp3) is 0. The van der Waals surface area contributed by atoms with Crippen LogP contribution in [0.5, 0.6) is 0 Å². The van der Waals surface area contributed by atoms with E-state index in [1.807, 2.05) is 11.4 Å². The van der Waals surface area contributed by atoms with E-state index in [0.717, 1.165) is 9.35 Å². The molecule has 0 unspecified atom stereocenters. The Hall–Kier alpha value is -1.01. The number of aromatic nitrogens is 3. The number of halogens is 1. The highest BCUT2D eigenvalue weighted by molar-refractivity contribution is 9.10. The van der Waals surface area contributed by atoms with E-state index in [4.69, 9.17) is 0 Å². The lowest BCUT2D eigenvalue weighted by molar-refractivity contribution is 0.879. The topological polar surface area (TPSA) is 43.1 Å². The number of nitrogens with zero attached hydrogens (tertiary/aromatic N) is 4. The van der Waals surface area contributed by atoms with Crippen LogP contribution in [0.1, 0.15) is 4.88 Å². The van der Waals surface area contributed by atoms with Gasteiger partial charge in [0, 0.05) is 14.7 Å². The van der Waals surface area contributed by atoms with Crippen molar-refractivity contribution in [1.82, 2.24) is 14.9 Å². The molecule has 0 spiro atoms. The highest BCUT2D eigenvalue weighted by atomic mass is 79.9. The van der Waals surface area contributed by atoms with Crippen molar-refractivity contribution in [3.8, 4) is 0 Å². The lowest BCUT2D eigenvalue weighted by atomic mass is 10.5. The number of rotatable bonds is 2. The highest BCUT2D eigenvalue weighted by Gasteiger charge is 1.92. The van der Waals surface area contributed by atoms with Gasteiger partial charge in [0.05, 0.1) is 6.21 Å². The minimum absolute atomic E-state index is 1.07. The van der Waals surface area contributed by atoms with Crippen LogP contribution in [0.3, 0.4) is 0 Å². The second-order valence-electron chi connectivity index (χ2n) is 2.25. The largest absolute Gasteiger partial charge is 0.208 e. The fourth-order valence-electron chi connectivity index (χ4n) is 0.774. The molecule has 2 aromatic rings. The Morgan fingerprint density at radius 1 is 1.46 bits per heavy atom. The first kappa shape index (κ1) is 8.58. The Labute approximate surface area is 87.1 Å². The van der Waals surface area contributed by atoms with Crippen LogP contribution in [0.2, 0.25) is 0 Å². The van der Waals surface area contributed by atoms with Gasteiger partial charge in [-0.25, -0.2) is 4.68 Å². The number of hydrogen-bond acceptors (Lipinski definition) is 4. The maximum atomic E-state index is 4.11. The van der Waals surface area contributed by atoms with Crippen LogP contribution in [-0.4, -0.2) is 21.1 Å². The van der Waals surface area contributed by atoms with Gasteiger partial charge in [-0.2, -0.15) is 5.10 Å². The molecule has 0 atom stereocenters.